The smallest absolute Gasteiger partial charge is 0.341 e. The van der Waals surface area contributed by atoms with E-state index < -0.39 is 20.6 Å². The number of aryl methyl sites for hydroxylation is 1. The summed E-state index contributed by atoms with van der Waals surface area (Å²) in [4.78, 5) is 19.8. The van der Waals surface area contributed by atoms with Gasteiger partial charge in [-0.1, -0.05) is 0 Å². The van der Waals surface area contributed by atoms with Crippen molar-refractivity contribution in [3.8, 4) is 0 Å². The second-order valence-electron chi connectivity index (χ2n) is 5.30. The molecular formula is C13H21N3O4S. The Morgan fingerprint density at radius 3 is 2.52 bits per heavy atom. The number of aromatic nitrogens is 2. The number of anilines is 1. The van der Waals surface area contributed by atoms with E-state index in [1.807, 2.05) is 0 Å². The first-order chi connectivity index (χ1) is 9.58. The third kappa shape index (κ3) is 4.38. The van der Waals surface area contributed by atoms with Crippen molar-refractivity contribution < 1.29 is 17.9 Å². The molecule has 8 heteroatoms. The first-order valence-electron chi connectivity index (χ1n) is 6.52. The van der Waals surface area contributed by atoms with Gasteiger partial charge in [0, 0.05) is 19.0 Å². The van der Waals surface area contributed by atoms with Crippen molar-refractivity contribution in [3.63, 3.8) is 0 Å². The van der Waals surface area contributed by atoms with Gasteiger partial charge in [-0.15, -0.1) is 0 Å². The lowest BCUT2D eigenvalue weighted by Gasteiger charge is -2.22. The molecule has 7 nitrogen and oxygen atoms in total. The summed E-state index contributed by atoms with van der Waals surface area (Å²) >= 11 is 0. The second-order valence-corrected chi connectivity index (χ2v) is 7.95. The van der Waals surface area contributed by atoms with Crippen molar-refractivity contribution in [2.75, 3.05) is 24.7 Å². The van der Waals surface area contributed by atoms with Gasteiger partial charge in [-0.25, -0.2) is 23.2 Å². The Morgan fingerprint density at radius 2 is 2.05 bits per heavy atom. The molecular weight excluding hydrogens is 294 g/mol. The van der Waals surface area contributed by atoms with Crippen LogP contribution >= 0.6 is 0 Å². The van der Waals surface area contributed by atoms with Crippen LogP contribution in [0.25, 0.3) is 0 Å². The SMILES string of the molecule is CCOC(=O)c1cnc(NCC(C)(C)S(C)(=O)=O)nc1C. The zero-order valence-electron chi connectivity index (χ0n) is 12.9. The minimum absolute atomic E-state index is 0.171. The number of hydrogen-bond donors (Lipinski definition) is 1. The van der Waals surface area contributed by atoms with Gasteiger partial charge in [-0.2, -0.15) is 0 Å². The molecule has 1 aromatic heterocycles. The lowest BCUT2D eigenvalue weighted by Crippen LogP contribution is -2.38. The standard InChI is InChI=1S/C13H21N3O4S/c1-6-20-11(17)10-7-14-12(16-9(10)2)15-8-13(3,4)21(5,18)19/h7H,6,8H2,1-5H3,(H,14,15,16). The molecule has 1 N–H and O–H groups in total. The van der Waals surface area contributed by atoms with Crippen LogP contribution in [0.5, 0.6) is 0 Å². The van der Waals surface area contributed by atoms with E-state index in [0.717, 1.165) is 0 Å². The highest BCUT2D eigenvalue weighted by molar-refractivity contribution is 7.92. The number of sulfone groups is 1. The average molecular weight is 315 g/mol. The molecule has 0 aliphatic carbocycles. The van der Waals surface area contributed by atoms with E-state index in [1.54, 1.807) is 27.7 Å². The summed E-state index contributed by atoms with van der Waals surface area (Å²) < 4.78 is 27.2. The van der Waals surface area contributed by atoms with Crippen molar-refractivity contribution >= 4 is 21.8 Å². The molecule has 0 atom stereocenters. The molecule has 0 bridgehead atoms. The topological polar surface area (TPSA) is 98.2 Å². The highest BCUT2D eigenvalue weighted by atomic mass is 32.2. The van der Waals surface area contributed by atoms with Crippen LogP contribution in [0.2, 0.25) is 0 Å². The molecule has 0 aromatic carbocycles. The van der Waals surface area contributed by atoms with Gasteiger partial charge < -0.3 is 10.1 Å². The molecule has 1 aromatic rings. The quantitative estimate of drug-likeness (QED) is 0.787. The maximum atomic E-state index is 11.6. The minimum atomic E-state index is -3.20. The number of nitrogens with zero attached hydrogens (tertiary/aromatic N) is 2. The van der Waals surface area contributed by atoms with Gasteiger partial charge in [0.05, 0.1) is 22.6 Å². The predicted molar refractivity (Wildman–Crippen MR) is 80.1 cm³/mol. The van der Waals surface area contributed by atoms with Gasteiger partial charge in [0.2, 0.25) is 5.95 Å². The van der Waals surface area contributed by atoms with Crippen molar-refractivity contribution in [3.05, 3.63) is 17.5 Å². The van der Waals surface area contributed by atoms with Gasteiger partial charge in [0.15, 0.2) is 9.84 Å². The van der Waals surface area contributed by atoms with Crippen LogP contribution in [-0.4, -0.2) is 48.5 Å². The highest BCUT2D eigenvalue weighted by Crippen LogP contribution is 2.16. The molecule has 0 amide bonds. The molecule has 0 aliphatic rings. The molecule has 0 fully saturated rings. The number of carbonyl (C=O) groups excluding carboxylic acids is 1. The Hall–Kier alpha value is -1.70. The van der Waals surface area contributed by atoms with Crippen molar-refractivity contribution in [1.29, 1.82) is 0 Å². The largest absolute Gasteiger partial charge is 0.462 e. The van der Waals surface area contributed by atoms with Gasteiger partial charge >= 0.3 is 5.97 Å². The fourth-order valence-corrected chi connectivity index (χ4v) is 1.72. The molecule has 0 radical (unpaired) electrons. The maximum absolute atomic E-state index is 11.6. The summed E-state index contributed by atoms with van der Waals surface area (Å²) in [6.45, 7) is 7.08. The fourth-order valence-electron chi connectivity index (χ4n) is 1.38. The Kier molecular flexibility index (Phi) is 5.27. The number of ether oxygens (including phenoxy) is 1. The fraction of sp³-hybridized carbons (Fsp3) is 0.615. The highest BCUT2D eigenvalue weighted by Gasteiger charge is 2.30. The summed E-state index contributed by atoms with van der Waals surface area (Å²) in [6, 6.07) is 0. The summed E-state index contributed by atoms with van der Waals surface area (Å²) in [5, 5.41) is 2.88. The Bertz CT molecular complexity index is 626. The monoisotopic (exact) mass is 315 g/mol. The van der Waals surface area contributed by atoms with Crippen LogP contribution in [0.3, 0.4) is 0 Å². The third-order valence-electron chi connectivity index (χ3n) is 3.15. The van der Waals surface area contributed by atoms with E-state index in [-0.39, 0.29) is 19.1 Å². The van der Waals surface area contributed by atoms with Crippen molar-refractivity contribution in [2.24, 2.45) is 0 Å². The van der Waals surface area contributed by atoms with Crippen LogP contribution in [0.1, 0.15) is 36.8 Å². The molecule has 1 heterocycles. The van der Waals surface area contributed by atoms with E-state index in [0.29, 0.717) is 11.3 Å². The molecule has 118 valence electrons. The molecule has 0 spiro atoms. The van der Waals surface area contributed by atoms with E-state index in [2.05, 4.69) is 15.3 Å². The Morgan fingerprint density at radius 1 is 1.43 bits per heavy atom. The van der Waals surface area contributed by atoms with Crippen LogP contribution in [-0.2, 0) is 14.6 Å². The molecule has 1 rings (SSSR count). The Balaban J connectivity index is 2.84. The first kappa shape index (κ1) is 17.4. The van der Waals surface area contributed by atoms with Crippen molar-refractivity contribution in [1.82, 2.24) is 9.97 Å². The summed E-state index contributed by atoms with van der Waals surface area (Å²) in [7, 11) is -3.20. The zero-order valence-corrected chi connectivity index (χ0v) is 13.7. The second kappa shape index (κ2) is 6.38. The molecule has 0 aliphatic heterocycles. The van der Waals surface area contributed by atoms with Crippen LogP contribution in [0, 0.1) is 6.92 Å². The zero-order chi connectivity index (χ0) is 16.3. The number of esters is 1. The van der Waals surface area contributed by atoms with Gasteiger partial charge in [-0.05, 0) is 27.7 Å². The number of carbonyl (C=O) groups is 1. The summed E-state index contributed by atoms with van der Waals surface area (Å²) in [5.74, 6) is -0.199. The maximum Gasteiger partial charge on any atom is 0.341 e. The van der Waals surface area contributed by atoms with Gasteiger partial charge in [-0.3, -0.25) is 0 Å². The normalized spacial score (nSPS) is 12.0. The summed E-state index contributed by atoms with van der Waals surface area (Å²) in [5.41, 5.74) is 0.771. The average Bonchev–Trinajstić information content (AvgIpc) is 2.35. The van der Waals surface area contributed by atoms with Crippen LogP contribution in [0.15, 0.2) is 6.20 Å². The Labute approximate surface area is 125 Å². The lowest BCUT2D eigenvalue weighted by atomic mass is 10.2. The third-order valence-corrected chi connectivity index (χ3v) is 5.30. The van der Waals surface area contributed by atoms with Gasteiger partial charge in [0.25, 0.3) is 0 Å². The van der Waals surface area contributed by atoms with E-state index in [1.165, 1.54) is 12.5 Å². The van der Waals surface area contributed by atoms with E-state index in [4.69, 9.17) is 4.74 Å². The van der Waals surface area contributed by atoms with Crippen LogP contribution in [0.4, 0.5) is 5.95 Å². The van der Waals surface area contributed by atoms with Crippen molar-refractivity contribution in [2.45, 2.75) is 32.4 Å². The molecule has 0 saturated carbocycles. The number of nitrogens with one attached hydrogen (secondary N) is 1. The predicted octanol–water partition coefficient (Wildman–Crippen LogP) is 1.20. The summed E-state index contributed by atoms with van der Waals surface area (Å²) in [6.07, 6.45) is 2.56. The molecule has 0 unspecified atom stereocenters. The number of rotatable bonds is 6. The van der Waals surface area contributed by atoms with Gasteiger partial charge in [0.1, 0.15) is 0 Å². The van der Waals surface area contributed by atoms with E-state index >= 15 is 0 Å². The minimum Gasteiger partial charge on any atom is -0.462 e. The number of hydrogen-bond acceptors (Lipinski definition) is 7. The lowest BCUT2D eigenvalue weighted by molar-refractivity contribution is 0.0524. The first-order valence-corrected chi connectivity index (χ1v) is 8.42. The molecule has 0 saturated heterocycles. The molecule has 21 heavy (non-hydrogen) atoms. The van der Waals surface area contributed by atoms with E-state index in [9.17, 15) is 13.2 Å². The van der Waals surface area contributed by atoms with Crippen LogP contribution < -0.4 is 5.32 Å².